The Hall–Kier alpha value is -1.60. The van der Waals surface area contributed by atoms with Crippen LogP contribution in [0.25, 0.3) is 0 Å². The molecule has 6 N–H and O–H groups in total. The lowest BCUT2D eigenvalue weighted by molar-refractivity contribution is -0.318. The number of aliphatic carboxylic acids is 1. The maximum atomic E-state index is 13.6. The van der Waals surface area contributed by atoms with E-state index in [0.717, 1.165) is 51.4 Å². The van der Waals surface area contributed by atoms with Crippen molar-refractivity contribution in [3.8, 4) is 0 Å². The van der Waals surface area contributed by atoms with Crippen molar-refractivity contribution < 1.29 is 54.4 Å². The van der Waals surface area contributed by atoms with E-state index in [-0.39, 0.29) is 41.8 Å². The van der Waals surface area contributed by atoms with Crippen LogP contribution in [0.2, 0.25) is 0 Å². The first-order valence-corrected chi connectivity index (χ1v) is 18.6. The van der Waals surface area contributed by atoms with Crippen LogP contribution in [0.4, 0.5) is 0 Å². The molecule has 3 fully saturated rings. The minimum absolute atomic E-state index is 0.0332. The van der Waals surface area contributed by atoms with Crippen LogP contribution >= 0.6 is 0 Å². The van der Waals surface area contributed by atoms with Crippen molar-refractivity contribution in [1.82, 2.24) is 0 Å². The molecule has 0 aromatic rings. The molecule has 0 bridgehead atoms. The Morgan fingerprint density at radius 1 is 0.980 bits per heavy atom. The summed E-state index contributed by atoms with van der Waals surface area (Å²) in [7, 11) is 0. The second kappa shape index (κ2) is 14.1. The predicted octanol–water partition coefficient (Wildman–Crippen LogP) is 4.10. The zero-order valence-corrected chi connectivity index (χ0v) is 30.6. The van der Waals surface area contributed by atoms with Crippen LogP contribution in [-0.2, 0) is 23.8 Å². The third-order valence-corrected chi connectivity index (χ3v) is 14.1. The number of carbonyl (C=O) groups is 2. The summed E-state index contributed by atoms with van der Waals surface area (Å²) in [5, 5.41) is 63.8. The fourth-order valence-corrected chi connectivity index (χ4v) is 11.1. The van der Waals surface area contributed by atoms with Gasteiger partial charge in [-0.15, -0.1) is 0 Å². The Kier molecular flexibility index (Phi) is 11.1. The highest BCUT2D eigenvalue weighted by Crippen LogP contribution is 2.71. The molecule has 4 aliphatic carbocycles. The largest absolute Gasteiger partial charge is 0.481 e. The lowest BCUT2D eigenvalue weighted by atomic mass is 9.47. The van der Waals surface area contributed by atoms with E-state index in [1.54, 1.807) is 13.8 Å². The van der Waals surface area contributed by atoms with Crippen LogP contribution in [0, 0.1) is 39.9 Å². The fraction of sp³-hybridized carbons (Fsp3) is 0.895. The van der Waals surface area contributed by atoms with Gasteiger partial charge in [-0.3, -0.25) is 9.59 Å². The van der Waals surface area contributed by atoms with Crippen molar-refractivity contribution in [3.63, 3.8) is 0 Å². The van der Waals surface area contributed by atoms with Crippen LogP contribution in [-0.4, -0.2) is 97.7 Å². The highest BCUT2D eigenvalue weighted by Gasteiger charge is 2.68. The van der Waals surface area contributed by atoms with E-state index in [9.17, 15) is 40.2 Å². The summed E-state index contributed by atoms with van der Waals surface area (Å²) in [5.41, 5.74) is -0.151. The molecule has 0 aromatic heterocycles. The summed E-state index contributed by atoms with van der Waals surface area (Å²) in [6.07, 6.45) is 0.489. The van der Waals surface area contributed by atoms with Gasteiger partial charge in [0.25, 0.3) is 0 Å². The monoisotopic (exact) mass is 694 g/mol. The third kappa shape index (κ3) is 6.87. The van der Waals surface area contributed by atoms with Crippen molar-refractivity contribution >= 4 is 11.9 Å². The molecule has 5 rings (SSSR count). The molecule has 49 heavy (non-hydrogen) atoms. The van der Waals surface area contributed by atoms with Gasteiger partial charge < -0.3 is 44.8 Å². The highest BCUT2D eigenvalue weighted by molar-refractivity contribution is 5.77. The smallest absolute Gasteiger partial charge is 0.310 e. The first-order valence-electron chi connectivity index (χ1n) is 18.6. The van der Waals surface area contributed by atoms with Gasteiger partial charge in [-0.05, 0) is 114 Å². The van der Waals surface area contributed by atoms with E-state index in [4.69, 9.17) is 14.2 Å². The molecule has 0 radical (unpaired) electrons. The summed E-state index contributed by atoms with van der Waals surface area (Å²) in [5.74, 6) is -0.475. The molecule has 0 amide bonds. The Bertz CT molecular complexity index is 1260. The van der Waals surface area contributed by atoms with Gasteiger partial charge in [-0.1, -0.05) is 38.8 Å². The topological polar surface area (TPSA) is 183 Å². The number of hydrogen-bond acceptors (Lipinski definition) is 10. The van der Waals surface area contributed by atoms with Gasteiger partial charge in [0.15, 0.2) is 6.29 Å². The average Bonchev–Trinajstić information content (AvgIpc) is 3.20. The normalized spacial score (nSPS) is 41.9. The Morgan fingerprint density at radius 2 is 1.67 bits per heavy atom. The molecule has 5 aliphatic rings. The van der Waals surface area contributed by atoms with Gasteiger partial charge in [0.05, 0.1) is 23.2 Å². The van der Waals surface area contributed by atoms with Crippen LogP contribution in [0.5, 0.6) is 0 Å². The number of fused-ring (bicyclic) bond motifs is 3. The zero-order valence-electron chi connectivity index (χ0n) is 30.6. The molecule has 11 heteroatoms. The zero-order chi connectivity index (χ0) is 36.3. The van der Waals surface area contributed by atoms with E-state index in [1.807, 2.05) is 0 Å². The standard InChI is InChI=1S/C38H62O11/c1-20(8-12-28(40)36(5,6)46)24-15-17-38(34(44)45)26-11-10-25-22(18-23(26)14-16-37(24,38)7)9-13-29(35(25,3)4)49-33-32(43)31(42)30(41)27(48-33)19-47-21(2)39/h20,23-24,26-33,40-43,46H,8-19H2,1-7H3,(H,44,45)/t20-,23-,24-,26-,27-,28+,29-,30-,31+,32-,33+,37-,38+/m1/s1. The molecular formula is C38H62O11. The van der Waals surface area contributed by atoms with Crippen molar-refractivity contribution in [1.29, 1.82) is 0 Å². The first kappa shape index (κ1) is 38.6. The second-order valence-corrected chi connectivity index (χ2v) is 17.5. The van der Waals surface area contributed by atoms with Crippen molar-refractivity contribution in [2.75, 3.05) is 6.61 Å². The van der Waals surface area contributed by atoms with E-state index >= 15 is 0 Å². The molecular weight excluding hydrogens is 632 g/mol. The minimum atomic E-state index is -1.53. The molecule has 1 heterocycles. The average molecular weight is 695 g/mol. The molecule has 13 atom stereocenters. The number of allylic oxidation sites excluding steroid dienone is 1. The summed E-state index contributed by atoms with van der Waals surface area (Å²) >= 11 is 0. The summed E-state index contributed by atoms with van der Waals surface area (Å²) in [6, 6.07) is 0. The lowest BCUT2D eigenvalue weighted by Crippen LogP contribution is -2.60. The number of aliphatic hydroxyl groups excluding tert-OH is 4. The molecule has 1 saturated heterocycles. The molecule has 0 aromatic carbocycles. The van der Waals surface area contributed by atoms with Crippen molar-refractivity contribution in [3.05, 3.63) is 11.1 Å². The Balaban J connectivity index is 1.33. The van der Waals surface area contributed by atoms with Crippen LogP contribution in [0.1, 0.15) is 119 Å². The number of carboxylic acid groups (broad SMARTS) is 1. The lowest BCUT2D eigenvalue weighted by Gasteiger charge is -2.56. The third-order valence-electron chi connectivity index (χ3n) is 14.1. The van der Waals surface area contributed by atoms with Crippen LogP contribution in [0.15, 0.2) is 11.1 Å². The first-order chi connectivity index (χ1) is 22.8. The number of carbonyl (C=O) groups excluding carboxylic acids is 1. The van der Waals surface area contributed by atoms with E-state index in [1.165, 1.54) is 18.1 Å². The van der Waals surface area contributed by atoms with Crippen molar-refractivity contribution in [2.24, 2.45) is 39.9 Å². The molecule has 0 spiro atoms. The number of carboxylic acids is 1. The molecule has 2 saturated carbocycles. The van der Waals surface area contributed by atoms with E-state index in [2.05, 4.69) is 27.7 Å². The van der Waals surface area contributed by atoms with Gasteiger partial charge in [0.1, 0.15) is 31.0 Å². The molecule has 0 unspecified atom stereocenters. The van der Waals surface area contributed by atoms with Gasteiger partial charge in [0.2, 0.25) is 0 Å². The number of ether oxygens (including phenoxy) is 3. The Morgan fingerprint density at radius 3 is 2.31 bits per heavy atom. The molecule has 280 valence electrons. The van der Waals surface area contributed by atoms with Gasteiger partial charge in [-0.2, -0.15) is 0 Å². The number of rotatable bonds is 10. The SMILES string of the molecule is CC(=O)OC[C@H]1O[C@@H](O[C@@H]2CCC3=C(CC[C@@H]4[C@H](CC[C@]5(C)[C@@H]([C@H](C)CC[C@H](O)C(C)(C)O)CC[C@@]45C(=O)O)C3)C2(C)C)[C@H](O)[C@@H](O)[C@@H]1O. The predicted molar refractivity (Wildman–Crippen MR) is 180 cm³/mol. The maximum Gasteiger partial charge on any atom is 0.310 e. The quantitative estimate of drug-likeness (QED) is 0.143. The van der Waals surface area contributed by atoms with Gasteiger partial charge in [0, 0.05) is 12.3 Å². The van der Waals surface area contributed by atoms with Gasteiger partial charge in [-0.25, -0.2) is 0 Å². The highest BCUT2D eigenvalue weighted by atomic mass is 16.7. The summed E-state index contributed by atoms with van der Waals surface area (Å²) < 4.78 is 17.3. The van der Waals surface area contributed by atoms with Gasteiger partial charge >= 0.3 is 11.9 Å². The summed E-state index contributed by atoms with van der Waals surface area (Å²) in [4.78, 5) is 25.0. The van der Waals surface area contributed by atoms with E-state index in [0.29, 0.717) is 19.3 Å². The van der Waals surface area contributed by atoms with E-state index < -0.39 is 65.2 Å². The maximum absolute atomic E-state index is 13.6. The van der Waals surface area contributed by atoms with Crippen molar-refractivity contribution in [2.45, 2.75) is 168 Å². The number of hydrogen-bond donors (Lipinski definition) is 6. The Labute approximate surface area is 291 Å². The number of esters is 1. The minimum Gasteiger partial charge on any atom is -0.481 e. The molecule has 11 nitrogen and oxygen atoms in total. The summed E-state index contributed by atoms with van der Waals surface area (Å²) in [6.45, 7) is 12.9. The molecule has 1 aliphatic heterocycles. The van der Waals surface area contributed by atoms with Crippen LogP contribution in [0.3, 0.4) is 0 Å². The van der Waals surface area contributed by atoms with Crippen LogP contribution < -0.4 is 0 Å². The fourth-order valence-electron chi connectivity index (χ4n) is 11.1. The number of aliphatic hydroxyl groups is 5. The second-order valence-electron chi connectivity index (χ2n) is 17.5.